The Morgan fingerprint density at radius 3 is 2.54 bits per heavy atom. The molecule has 1 aliphatic rings. The highest BCUT2D eigenvalue weighted by molar-refractivity contribution is 6.32. The number of hydrogen-bond donors (Lipinski definition) is 1. The van der Waals surface area contributed by atoms with E-state index in [2.05, 4.69) is 16.5 Å². The van der Waals surface area contributed by atoms with Crippen LogP contribution in [0.15, 0.2) is 77.4 Å². The second-order valence-electron chi connectivity index (χ2n) is 8.36. The van der Waals surface area contributed by atoms with Crippen LogP contribution >= 0.6 is 0 Å². The number of nitriles is 1. The number of aryl methyl sites for hydroxylation is 1. The van der Waals surface area contributed by atoms with Crippen molar-refractivity contribution in [2.45, 2.75) is 20.8 Å². The van der Waals surface area contributed by atoms with Gasteiger partial charge in [0.05, 0.1) is 35.2 Å². The zero-order valence-electron chi connectivity index (χ0n) is 20.8. The fourth-order valence-corrected chi connectivity index (χ4v) is 3.77. The monoisotopic (exact) mass is 494 g/mol. The summed E-state index contributed by atoms with van der Waals surface area (Å²) in [4.78, 5) is 25.4. The molecular formula is C29H26N4O4. The minimum atomic E-state index is -0.287. The topological polar surface area (TPSA) is 104 Å². The molecule has 0 aromatic heterocycles. The van der Waals surface area contributed by atoms with Gasteiger partial charge in [-0.25, -0.2) is 0 Å². The molecule has 0 atom stereocenters. The maximum Gasteiger partial charge on any atom is 0.280 e. The highest BCUT2D eigenvalue weighted by Gasteiger charge is 2.28. The van der Waals surface area contributed by atoms with Gasteiger partial charge >= 0.3 is 0 Å². The maximum absolute atomic E-state index is 13.1. The van der Waals surface area contributed by atoms with Gasteiger partial charge in [-0.05, 0) is 86.5 Å². The van der Waals surface area contributed by atoms with Gasteiger partial charge in [-0.15, -0.1) is 0 Å². The van der Waals surface area contributed by atoms with Gasteiger partial charge in [0.2, 0.25) is 0 Å². The minimum Gasteiger partial charge on any atom is -0.490 e. The average Bonchev–Trinajstić information content (AvgIpc) is 3.17. The van der Waals surface area contributed by atoms with Gasteiger partial charge in [-0.1, -0.05) is 18.2 Å². The first-order chi connectivity index (χ1) is 17.9. The van der Waals surface area contributed by atoms with Crippen molar-refractivity contribution >= 4 is 35.0 Å². The summed E-state index contributed by atoms with van der Waals surface area (Å²) in [6.07, 6.45) is 1.74. The number of ether oxygens (including phenoxy) is 2. The molecule has 8 nitrogen and oxygen atoms in total. The third-order valence-corrected chi connectivity index (χ3v) is 5.54. The summed E-state index contributed by atoms with van der Waals surface area (Å²) in [7, 11) is 0. The number of carbonyl (C=O) groups excluding carboxylic acids is 2. The molecular weight excluding hydrogens is 468 g/mol. The highest BCUT2D eigenvalue weighted by atomic mass is 16.5. The summed E-state index contributed by atoms with van der Waals surface area (Å²) >= 11 is 0. The Labute approximate surface area is 215 Å². The van der Waals surface area contributed by atoms with Gasteiger partial charge in [0.1, 0.15) is 0 Å². The molecule has 1 aliphatic heterocycles. The second kappa shape index (κ2) is 11.2. The van der Waals surface area contributed by atoms with E-state index in [0.717, 1.165) is 11.1 Å². The van der Waals surface area contributed by atoms with E-state index >= 15 is 0 Å². The Bertz CT molecular complexity index is 1440. The number of nitrogens with zero attached hydrogens (tertiary/aromatic N) is 3. The van der Waals surface area contributed by atoms with Crippen molar-refractivity contribution in [1.29, 1.82) is 5.26 Å². The number of anilines is 2. The van der Waals surface area contributed by atoms with E-state index in [1.54, 1.807) is 55.5 Å². The Morgan fingerprint density at radius 2 is 1.84 bits per heavy atom. The quantitative estimate of drug-likeness (QED) is 0.439. The van der Waals surface area contributed by atoms with Crippen molar-refractivity contribution in [3.63, 3.8) is 0 Å². The lowest BCUT2D eigenvalue weighted by molar-refractivity contribution is -0.118. The molecule has 1 N–H and O–H groups in total. The molecule has 2 amide bonds. The highest BCUT2D eigenvalue weighted by Crippen LogP contribution is 2.31. The number of hydrogen-bond acceptors (Lipinski definition) is 6. The second-order valence-corrected chi connectivity index (χ2v) is 8.36. The largest absolute Gasteiger partial charge is 0.490 e. The van der Waals surface area contributed by atoms with E-state index in [0.29, 0.717) is 46.3 Å². The van der Waals surface area contributed by atoms with Gasteiger partial charge in [-0.3, -0.25) is 9.59 Å². The van der Waals surface area contributed by atoms with Crippen LogP contribution in [0, 0.1) is 18.3 Å². The van der Waals surface area contributed by atoms with Crippen LogP contribution in [0.25, 0.3) is 6.08 Å². The van der Waals surface area contributed by atoms with Gasteiger partial charge < -0.3 is 14.8 Å². The lowest BCUT2D eigenvalue weighted by Crippen LogP contribution is -2.21. The number of carbonyl (C=O) groups is 2. The van der Waals surface area contributed by atoms with Gasteiger partial charge in [0, 0.05) is 5.69 Å². The predicted molar refractivity (Wildman–Crippen MR) is 143 cm³/mol. The van der Waals surface area contributed by atoms with E-state index in [1.165, 1.54) is 5.01 Å². The number of nitrogens with one attached hydrogen (secondary N) is 1. The van der Waals surface area contributed by atoms with E-state index < -0.39 is 0 Å². The Kier molecular flexibility index (Phi) is 7.65. The molecule has 0 radical (unpaired) electrons. The molecule has 0 unspecified atom stereocenters. The van der Waals surface area contributed by atoms with Crippen molar-refractivity contribution in [2.24, 2.45) is 5.10 Å². The summed E-state index contributed by atoms with van der Waals surface area (Å²) < 4.78 is 11.5. The third kappa shape index (κ3) is 6.03. The van der Waals surface area contributed by atoms with E-state index in [-0.39, 0.29) is 18.4 Å². The smallest absolute Gasteiger partial charge is 0.280 e. The molecule has 0 spiro atoms. The van der Waals surface area contributed by atoms with Gasteiger partial charge in [0.25, 0.3) is 11.8 Å². The lowest BCUT2D eigenvalue weighted by atomic mass is 10.1. The van der Waals surface area contributed by atoms with Crippen LogP contribution in [0.1, 0.15) is 30.5 Å². The van der Waals surface area contributed by atoms with Crippen LogP contribution in [0.2, 0.25) is 0 Å². The van der Waals surface area contributed by atoms with E-state index in [1.807, 2.05) is 38.1 Å². The van der Waals surface area contributed by atoms with Crippen LogP contribution < -0.4 is 19.8 Å². The molecule has 0 saturated carbocycles. The summed E-state index contributed by atoms with van der Waals surface area (Å²) in [6, 6.07) is 21.5. The fraction of sp³-hybridized carbons (Fsp3) is 0.172. The molecule has 0 aliphatic carbocycles. The van der Waals surface area contributed by atoms with Crippen LogP contribution in [-0.2, 0) is 9.59 Å². The first kappa shape index (κ1) is 25.2. The normalized spacial score (nSPS) is 13.8. The molecule has 4 rings (SSSR count). The lowest BCUT2D eigenvalue weighted by Gasteiger charge is -2.13. The maximum atomic E-state index is 13.1. The van der Waals surface area contributed by atoms with Crippen LogP contribution in [0.5, 0.6) is 11.5 Å². The Balaban J connectivity index is 1.48. The number of hydrazone groups is 1. The number of amides is 2. The molecule has 1 heterocycles. The van der Waals surface area contributed by atoms with E-state index in [4.69, 9.17) is 14.7 Å². The molecule has 0 fully saturated rings. The zero-order chi connectivity index (χ0) is 26.4. The van der Waals surface area contributed by atoms with Gasteiger partial charge in [-0.2, -0.15) is 15.4 Å². The van der Waals surface area contributed by atoms with Crippen molar-refractivity contribution in [1.82, 2.24) is 0 Å². The zero-order valence-corrected chi connectivity index (χ0v) is 20.8. The standard InChI is InChI=1S/C29H26N4O4/c1-4-36-27-16-22(10-13-26(27)37-18-28(34)31-23-7-5-6-19(2)14-23)15-25-20(3)32-33(29(25)35)24-11-8-21(17-30)9-12-24/h5-16H,4,18H2,1-3H3,(H,31,34). The van der Waals surface area contributed by atoms with Crippen LogP contribution in [0.4, 0.5) is 11.4 Å². The average molecular weight is 495 g/mol. The van der Waals surface area contributed by atoms with Crippen molar-refractivity contribution < 1.29 is 19.1 Å². The first-order valence-corrected chi connectivity index (χ1v) is 11.8. The molecule has 37 heavy (non-hydrogen) atoms. The van der Waals surface area contributed by atoms with E-state index in [9.17, 15) is 9.59 Å². The molecule has 8 heteroatoms. The third-order valence-electron chi connectivity index (χ3n) is 5.54. The molecule has 0 saturated heterocycles. The van der Waals surface area contributed by atoms with Crippen LogP contribution in [0.3, 0.4) is 0 Å². The summed E-state index contributed by atoms with van der Waals surface area (Å²) in [5.74, 6) is 0.328. The number of benzene rings is 3. The van der Waals surface area contributed by atoms with Gasteiger partial charge in [0.15, 0.2) is 18.1 Å². The first-order valence-electron chi connectivity index (χ1n) is 11.8. The molecule has 186 valence electrons. The summed E-state index contributed by atoms with van der Waals surface area (Å²) in [6.45, 7) is 5.79. The molecule has 3 aromatic rings. The summed E-state index contributed by atoms with van der Waals surface area (Å²) in [5.41, 5.74) is 4.56. The summed E-state index contributed by atoms with van der Waals surface area (Å²) in [5, 5.41) is 17.5. The SMILES string of the molecule is CCOc1cc(C=C2C(=O)N(c3ccc(C#N)cc3)N=C2C)ccc1OCC(=O)Nc1cccc(C)c1. The van der Waals surface area contributed by atoms with Crippen molar-refractivity contribution in [3.05, 3.63) is 89.0 Å². The molecule has 3 aromatic carbocycles. The predicted octanol–water partition coefficient (Wildman–Crippen LogP) is 5.09. The Hall–Kier alpha value is -4.90. The van der Waals surface area contributed by atoms with Crippen molar-refractivity contribution in [3.8, 4) is 17.6 Å². The molecule has 0 bridgehead atoms. The number of rotatable bonds is 8. The minimum absolute atomic E-state index is 0.182. The van der Waals surface area contributed by atoms with Crippen molar-refractivity contribution in [2.75, 3.05) is 23.5 Å². The fourth-order valence-electron chi connectivity index (χ4n) is 3.77. The van der Waals surface area contributed by atoms with Crippen LogP contribution in [-0.4, -0.2) is 30.7 Å². The Morgan fingerprint density at radius 1 is 1.05 bits per heavy atom.